The Bertz CT molecular complexity index is 435. The van der Waals surface area contributed by atoms with Crippen LogP contribution in [0.2, 0.25) is 0 Å². The van der Waals surface area contributed by atoms with Crippen LogP contribution in [0, 0.1) is 11.7 Å². The molecule has 4 nitrogen and oxygen atoms in total. The van der Waals surface area contributed by atoms with Gasteiger partial charge < -0.3 is 5.11 Å². The van der Waals surface area contributed by atoms with Crippen molar-refractivity contribution >= 4 is 5.97 Å². The Morgan fingerprint density at radius 2 is 2.33 bits per heavy atom. The van der Waals surface area contributed by atoms with Gasteiger partial charge in [0, 0.05) is 12.1 Å². The summed E-state index contributed by atoms with van der Waals surface area (Å²) in [5.41, 5.74) is 0.772. The number of aliphatic carboxylic acids is 1. The van der Waals surface area contributed by atoms with Crippen molar-refractivity contribution in [2.75, 3.05) is 6.54 Å². The molecule has 0 saturated carbocycles. The molecule has 1 aromatic rings. The van der Waals surface area contributed by atoms with Gasteiger partial charge in [-0.3, -0.25) is 14.7 Å². The van der Waals surface area contributed by atoms with Crippen molar-refractivity contribution in [2.45, 2.75) is 32.4 Å². The van der Waals surface area contributed by atoms with E-state index in [-0.39, 0.29) is 23.8 Å². The zero-order valence-electron chi connectivity index (χ0n) is 10.5. The van der Waals surface area contributed by atoms with E-state index in [1.165, 1.54) is 12.3 Å². The van der Waals surface area contributed by atoms with E-state index in [2.05, 4.69) is 9.88 Å². The van der Waals surface area contributed by atoms with Crippen LogP contribution in [-0.2, 0) is 4.79 Å². The van der Waals surface area contributed by atoms with Crippen LogP contribution < -0.4 is 0 Å². The second-order valence-corrected chi connectivity index (χ2v) is 4.79. The Balaban J connectivity index is 2.13. The van der Waals surface area contributed by atoms with Crippen LogP contribution in [0.15, 0.2) is 18.3 Å². The molecule has 1 aliphatic rings. The second-order valence-electron chi connectivity index (χ2n) is 4.79. The van der Waals surface area contributed by atoms with Gasteiger partial charge in [-0.15, -0.1) is 0 Å². The molecular formula is C13H17FN2O2. The molecule has 2 heterocycles. The maximum absolute atomic E-state index is 12.8. The number of hydrogen-bond donors (Lipinski definition) is 1. The fraction of sp³-hybridized carbons (Fsp3) is 0.538. The summed E-state index contributed by atoms with van der Waals surface area (Å²) in [7, 11) is 0. The van der Waals surface area contributed by atoms with Crippen LogP contribution >= 0.6 is 0 Å². The number of likely N-dealkylation sites (tertiary alicyclic amines) is 1. The van der Waals surface area contributed by atoms with Gasteiger partial charge >= 0.3 is 5.97 Å². The van der Waals surface area contributed by atoms with Crippen LogP contribution in [0.25, 0.3) is 0 Å². The molecule has 18 heavy (non-hydrogen) atoms. The van der Waals surface area contributed by atoms with Crippen LogP contribution in [0.5, 0.6) is 0 Å². The molecule has 1 N–H and O–H groups in total. The van der Waals surface area contributed by atoms with Crippen LogP contribution in [0.1, 0.15) is 32.0 Å². The van der Waals surface area contributed by atoms with E-state index in [1.807, 2.05) is 13.8 Å². The Morgan fingerprint density at radius 3 is 2.83 bits per heavy atom. The van der Waals surface area contributed by atoms with Gasteiger partial charge in [0.05, 0.1) is 17.8 Å². The first kappa shape index (κ1) is 13.0. The topological polar surface area (TPSA) is 53.4 Å². The van der Waals surface area contributed by atoms with Crippen molar-refractivity contribution in [2.24, 2.45) is 5.92 Å². The largest absolute Gasteiger partial charge is 0.481 e. The maximum Gasteiger partial charge on any atom is 0.308 e. The molecule has 1 fully saturated rings. The number of halogens is 1. The monoisotopic (exact) mass is 252 g/mol. The lowest BCUT2D eigenvalue weighted by atomic mass is 10.0. The van der Waals surface area contributed by atoms with Crippen molar-refractivity contribution in [3.05, 3.63) is 29.8 Å². The molecule has 0 amide bonds. The molecule has 0 bridgehead atoms. The third-order valence-electron chi connectivity index (χ3n) is 3.80. The van der Waals surface area contributed by atoms with Gasteiger partial charge in [0.2, 0.25) is 0 Å². The lowest BCUT2D eigenvalue weighted by Gasteiger charge is -2.29. The van der Waals surface area contributed by atoms with Crippen molar-refractivity contribution in [1.82, 2.24) is 9.88 Å². The van der Waals surface area contributed by atoms with E-state index in [9.17, 15) is 9.18 Å². The normalized spacial score (nSPS) is 26.2. The summed E-state index contributed by atoms with van der Waals surface area (Å²) in [5.74, 6) is -1.43. The fourth-order valence-corrected chi connectivity index (χ4v) is 2.64. The Morgan fingerprint density at radius 1 is 1.61 bits per heavy atom. The highest BCUT2D eigenvalue weighted by Gasteiger charge is 2.38. The van der Waals surface area contributed by atoms with Gasteiger partial charge in [-0.05, 0) is 38.9 Å². The number of aromatic nitrogens is 1. The van der Waals surface area contributed by atoms with Gasteiger partial charge in [-0.25, -0.2) is 4.39 Å². The predicted molar refractivity (Wildman–Crippen MR) is 64.5 cm³/mol. The second kappa shape index (κ2) is 5.02. The average molecular weight is 252 g/mol. The molecule has 0 spiro atoms. The van der Waals surface area contributed by atoms with Gasteiger partial charge in [0.1, 0.15) is 5.82 Å². The van der Waals surface area contributed by atoms with E-state index in [0.29, 0.717) is 6.42 Å². The minimum absolute atomic E-state index is 0.00458. The number of rotatable bonds is 3. The van der Waals surface area contributed by atoms with Gasteiger partial charge in [-0.2, -0.15) is 0 Å². The zero-order chi connectivity index (χ0) is 13.3. The summed E-state index contributed by atoms with van der Waals surface area (Å²) in [6.07, 6.45) is 1.85. The highest BCUT2D eigenvalue weighted by molar-refractivity contribution is 5.71. The number of carboxylic acids is 1. The first-order valence-electron chi connectivity index (χ1n) is 6.10. The Hall–Kier alpha value is -1.49. The molecule has 2 rings (SSSR count). The third-order valence-corrected chi connectivity index (χ3v) is 3.80. The molecule has 0 aliphatic carbocycles. The number of nitrogens with zero attached hydrogens (tertiary/aromatic N) is 2. The summed E-state index contributed by atoms with van der Waals surface area (Å²) >= 11 is 0. The minimum Gasteiger partial charge on any atom is -0.481 e. The lowest BCUT2D eigenvalue weighted by Crippen LogP contribution is -2.35. The summed E-state index contributed by atoms with van der Waals surface area (Å²) in [5, 5.41) is 9.10. The highest BCUT2D eigenvalue weighted by Crippen LogP contribution is 2.31. The summed E-state index contributed by atoms with van der Waals surface area (Å²) in [6.45, 7) is 4.63. The highest BCUT2D eigenvalue weighted by atomic mass is 19.1. The number of pyridine rings is 1. The Labute approximate surface area is 105 Å². The van der Waals surface area contributed by atoms with Crippen molar-refractivity contribution in [3.63, 3.8) is 0 Å². The van der Waals surface area contributed by atoms with E-state index in [1.54, 1.807) is 6.07 Å². The van der Waals surface area contributed by atoms with Crippen molar-refractivity contribution < 1.29 is 14.3 Å². The van der Waals surface area contributed by atoms with Crippen molar-refractivity contribution in [3.8, 4) is 0 Å². The van der Waals surface area contributed by atoms with Gasteiger partial charge in [0.15, 0.2) is 0 Å². The predicted octanol–water partition coefficient (Wildman–Crippen LogP) is 2.08. The summed E-state index contributed by atoms with van der Waals surface area (Å²) in [4.78, 5) is 17.2. The smallest absolute Gasteiger partial charge is 0.308 e. The van der Waals surface area contributed by atoms with Gasteiger partial charge in [-0.1, -0.05) is 0 Å². The third kappa shape index (κ3) is 2.36. The van der Waals surface area contributed by atoms with E-state index in [0.717, 1.165) is 12.2 Å². The molecule has 98 valence electrons. The molecule has 3 atom stereocenters. The van der Waals surface area contributed by atoms with E-state index < -0.39 is 5.97 Å². The molecule has 1 aliphatic heterocycles. The molecular weight excluding hydrogens is 235 g/mol. The van der Waals surface area contributed by atoms with Crippen molar-refractivity contribution in [1.29, 1.82) is 0 Å². The molecule has 0 radical (unpaired) electrons. The average Bonchev–Trinajstić information content (AvgIpc) is 2.71. The molecule has 0 aromatic carbocycles. The van der Waals surface area contributed by atoms with Gasteiger partial charge in [0.25, 0.3) is 0 Å². The first-order valence-corrected chi connectivity index (χ1v) is 6.10. The summed E-state index contributed by atoms with van der Waals surface area (Å²) < 4.78 is 12.8. The molecule has 1 aromatic heterocycles. The fourth-order valence-electron chi connectivity index (χ4n) is 2.64. The SMILES string of the molecule is CC(c1ccc(F)cn1)N1CCC(C(=O)O)C1C. The van der Waals surface area contributed by atoms with Crippen LogP contribution in [0.3, 0.4) is 0 Å². The molecule has 3 unspecified atom stereocenters. The first-order chi connectivity index (χ1) is 8.50. The van der Waals surface area contributed by atoms with Crippen LogP contribution in [0.4, 0.5) is 4.39 Å². The van der Waals surface area contributed by atoms with Crippen LogP contribution in [-0.4, -0.2) is 33.5 Å². The lowest BCUT2D eigenvalue weighted by molar-refractivity contribution is -0.142. The standard InChI is InChI=1S/C13H17FN2O2/c1-8-11(13(17)18)5-6-16(8)9(2)12-4-3-10(14)7-15-12/h3-4,7-9,11H,5-6H2,1-2H3,(H,17,18). The molecule has 1 saturated heterocycles. The number of carbonyl (C=O) groups is 1. The zero-order valence-corrected chi connectivity index (χ0v) is 10.5. The Kier molecular flexibility index (Phi) is 3.61. The quantitative estimate of drug-likeness (QED) is 0.894. The minimum atomic E-state index is -0.746. The number of hydrogen-bond acceptors (Lipinski definition) is 3. The van der Waals surface area contributed by atoms with E-state index >= 15 is 0 Å². The maximum atomic E-state index is 12.8. The molecule has 5 heteroatoms. The number of carboxylic acid groups (broad SMARTS) is 1. The summed E-state index contributed by atoms with van der Waals surface area (Å²) in [6, 6.07) is 3.02. The van der Waals surface area contributed by atoms with E-state index in [4.69, 9.17) is 5.11 Å².